The first kappa shape index (κ1) is 8.72. The van der Waals surface area contributed by atoms with E-state index in [1.165, 1.54) is 0 Å². The van der Waals surface area contributed by atoms with Crippen molar-refractivity contribution < 1.29 is 4.42 Å². The summed E-state index contributed by atoms with van der Waals surface area (Å²) in [6.45, 7) is 0. The highest BCUT2D eigenvalue weighted by Crippen LogP contribution is 2.22. The average Bonchev–Trinajstić information content (AvgIpc) is 2.70. The van der Waals surface area contributed by atoms with Crippen LogP contribution in [0.15, 0.2) is 21.9 Å². The number of thiophene rings is 1. The van der Waals surface area contributed by atoms with Gasteiger partial charge in [-0.25, -0.2) is 0 Å². The normalized spacial score (nSPS) is 10.5. The van der Waals surface area contributed by atoms with Gasteiger partial charge < -0.3 is 4.42 Å². The molecule has 0 aliphatic rings. The van der Waals surface area contributed by atoms with Crippen molar-refractivity contribution in [3.05, 3.63) is 23.4 Å². The molecule has 0 atom stereocenters. The van der Waals surface area contributed by atoms with E-state index in [-0.39, 0.29) is 0 Å². The second-order valence-corrected chi connectivity index (χ2v) is 3.74. The highest BCUT2D eigenvalue weighted by Gasteiger charge is 2.07. The molecule has 0 fully saturated rings. The Kier molecular flexibility index (Phi) is 2.61. The van der Waals surface area contributed by atoms with Gasteiger partial charge in [0.15, 0.2) is 0 Å². The van der Waals surface area contributed by atoms with E-state index >= 15 is 0 Å². The van der Waals surface area contributed by atoms with Crippen molar-refractivity contribution in [2.45, 2.75) is 6.42 Å². The maximum absolute atomic E-state index is 5.55. The standard InChI is InChI=1S/C8H7ClN2OS/c9-4-3-7-10-11-8(12-7)6-2-1-5-13-6/h1-2,5H,3-4H2. The van der Waals surface area contributed by atoms with Gasteiger partial charge in [-0.05, 0) is 11.4 Å². The van der Waals surface area contributed by atoms with Crippen molar-refractivity contribution in [1.82, 2.24) is 10.2 Å². The van der Waals surface area contributed by atoms with E-state index in [4.69, 9.17) is 16.0 Å². The molecule has 0 saturated carbocycles. The van der Waals surface area contributed by atoms with Crippen LogP contribution in [0.5, 0.6) is 0 Å². The van der Waals surface area contributed by atoms with Crippen LogP contribution in [-0.4, -0.2) is 16.1 Å². The molecular formula is C8H7ClN2OS. The molecule has 0 spiro atoms. The summed E-state index contributed by atoms with van der Waals surface area (Å²) in [6.07, 6.45) is 0.625. The van der Waals surface area contributed by atoms with Gasteiger partial charge in [0.05, 0.1) is 4.88 Å². The topological polar surface area (TPSA) is 38.9 Å². The summed E-state index contributed by atoms with van der Waals surface area (Å²) in [6, 6.07) is 3.90. The molecule has 0 amide bonds. The molecule has 13 heavy (non-hydrogen) atoms. The summed E-state index contributed by atoms with van der Waals surface area (Å²) >= 11 is 7.12. The van der Waals surface area contributed by atoms with Crippen LogP contribution < -0.4 is 0 Å². The number of alkyl halides is 1. The molecule has 0 saturated heterocycles. The van der Waals surface area contributed by atoms with Gasteiger partial charge in [-0.1, -0.05) is 6.07 Å². The van der Waals surface area contributed by atoms with Gasteiger partial charge in [-0.2, -0.15) is 0 Å². The van der Waals surface area contributed by atoms with E-state index in [1.807, 2.05) is 17.5 Å². The number of hydrogen-bond donors (Lipinski definition) is 0. The van der Waals surface area contributed by atoms with Gasteiger partial charge in [-0.3, -0.25) is 0 Å². The van der Waals surface area contributed by atoms with E-state index < -0.39 is 0 Å². The fraction of sp³-hybridized carbons (Fsp3) is 0.250. The zero-order valence-corrected chi connectivity index (χ0v) is 8.31. The lowest BCUT2D eigenvalue weighted by Gasteiger charge is -1.86. The summed E-state index contributed by atoms with van der Waals surface area (Å²) in [7, 11) is 0. The van der Waals surface area contributed by atoms with Gasteiger partial charge in [0.1, 0.15) is 0 Å². The molecule has 0 bridgehead atoms. The summed E-state index contributed by atoms with van der Waals surface area (Å²) in [4.78, 5) is 0.994. The minimum atomic E-state index is 0.506. The lowest BCUT2D eigenvalue weighted by atomic mass is 10.5. The molecule has 2 aromatic rings. The first-order chi connectivity index (χ1) is 6.40. The van der Waals surface area contributed by atoms with Crippen LogP contribution >= 0.6 is 22.9 Å². The quantitative estimate of drug-likeness (QED) is 0.738. The Bertz CT molecular complexity index is 371. The number of halogens is 1. The van der Waals surface area contributed by atoms with E-state index in [1.54, 1.807) is 11.3 Å². The monoisotopic (exact) mass is 214 g/mol. The molecule has 68 valence electrons. The molecule has 2 heterocycles. The molecule has 0 aromatic carbocycles. The molecule has 0 N–H and O–H groups in total. The SMILES string of the molecule is ClCCc1nnc(-c2cccs2)o1. The van der Waals surface area contributed by atoms with Crippen LogP contribution in [0.4, 0.5) is 0 Å². The Hall–Kier alpha value is -0.870. The van der Waals surface area contributed by atoms with Crippen LogP contribution in [-0.2, 0) is 6.42 Å². The van der Waals surface area contributed by atoms with Gasteiger partial charge >= 0.3 is 0 Å². The van der Waals surface area contributed by atoms with Crippen LogP contribution in [0, 0.1) is 0 Å². The lowest BCUT2D eigenvalue weighted by molar-refractivity contribution is 0.515. The van der Waals surface area contributed by atoms with Crippen molar-refractivity contribution in [3.8, 4) is 10.8 Å². The fourth-order valence-corrected chi connectivity index (χ4v) is 1.74. The van der Waals surface area contributed by atoms with Crippen LogP contribution in [0.1, 0.15) is 5.89 Å². The smallest absolute Gasteiger partial charge is 0.257 e. The first-order valence-electron chi connectivity index (χ1n) is 3.82. The molecule has 0 radical (unpaired) electrons. The second-order valence-electron chi connectivity index (χ2n) is 2.42. The number of aromatic nitrogens is 2. The molecule has 2 aromatic heterocycles. The number of rotatable bonds is 3. The highest BCUT2D eigenvalue weighted by molar-refractivity contribution is 7.13. The molecular weight excluding hydrogens is 208 g/mol. The first-order valence-corrected chi connectivity index (χ1v) is 5.24. The predicted molar refractivity (Wildman–Crippen MR) is 52.0 cm³/mol. The summed E-state index contributed by atoms with van der Waals surface area (Å²) in [5, 5.41) is 9.75. The summed E-state index contributed by atoms with van der Waals surface area (Å²) in [5.41, 5.74) is 0. The Morgan fingerprint density at radius 3 is 3.08 bits per heavy atom. The van der Waals surface area contributed by atoms with Crippen LogP contribution in [0.3, 0.4) is 0 Å². The Morgan fingerprint density at radius 1 is 1.46 bits per heavy atom. The maximum atomic E-state index is 5.55. The molecule has 5 heteroatoms. The van der Waals surface area contributed by atoms with Gasteiger partial charge in [0.2, 0.25) is 5.89 Å². The lowest BCUT2D eigenvalue weighted by Crippen LogP contribution is -1.84. The van der Waals surface area contributed by atoms with Crippen molar-refractivity contribution in [3.63, 3.8) is 0 Å². The van der Waals surface area contributed by atoms with Crippen molar-refractivity contribution in [2.24, 2.45) is 0 Å². The van der Waals surface area contributed by atoms with Gasteiger partial charge in [0.25, 0.3) is 5.89 Å². The maximum Gasteiger partial charge on any atom is 0.257 e. The van der Waals surface area contributed by atoms with E-state index in [9.17, 15) is 0 Å². The third-order valence-corrected chi connectivity index (χ3v) is 2.55. The fourth-order valence-electron chi connectivity index (χ4n) is 0.935. The number of aryl methyl sites for hydroxylation is 1. The largest absolute Gasteiger partial charge is 0.420 e. The summed E-state index contributed by atoms with van der Waals surface area (Å²) in [5.74, 6) is 1.68. The molecule has 0 unspecified atom stereocenters. The summed E-state index contributed by atoms with van der Waals surface area (Å²) < 4.78 is 5.37. The Morgan fingerprint density at radius 2 is 2.38 bits per heavy atom. The Balaban J connectivity index is 2.23. The van der Waals surface area contributed by atoms with Crippen molar-refractivity contribution >= 4 is 22.9 Å². The van der Waals surface area contributed by atoms with Crippen molar-refractivity contribution in [2.75, 3.05) is 5.88 Å². The minimum Gasteiger partial charge on any atom is -0.420 e. The predicted octanol–water partition coefficient (Wildman–Crippen LogP) is 2.58. The minimum absolute atomic E-state index is 0.506. The van der Waals surface area contributed by atoms with E-state index in [2.05, 4.69) is 10.2 Å². The molecule has 0 aliphatic heterocycles. The average molecular weight is 215 g/mol. The highest BCUT2D eigenvalue weighted by atomic mass is 35.5. The Labute approximate surface area is 84.4 Å². The number of hydrogen-bond acceptors (Lipinski definition) is 4. The van der Waals surface area contributed by atoms with Crippen LogP contribution in [0.2, 0.25) is 0 Å². The molecule has 0 aliphatic carbocycles. The van der Waals surface area contributed by atoms with Crippen LogP contribution in [0.25, 0.3) is 10.8 Å². The second kappa shape index (κ2) is 3.89. The van der Waals surface area contributed by atoms with Crippen molar-refractivity contribution in [1.29, 1.82) is 0 Å². The third-order valence-electron chi connectivity index (χ3n) is 1.51. The zero-order valence-electron chi connectivity index (χ0n) is 6.74. The third kappa shape index (κ3) is 1.89. The molecule has 2 rings (SSSR count). The van der Waals surface area contributed by atoms with E-state index in [0.29, 0.717) is 24.1 Å². The zero-order chi connectivity index (χ0) is 9.10. The van der Waals surface area contributed by atoms with Gasteiger partial charge in [0, 0.05) is 12.3 Å². The van der Waals surface area contributed by atoms with E-state index in [0.717, 1.165) is 4.88 Å². The number of nitrogens with zero attached hydrogens (tertiary/aromatic N) is 2. The molecule has 3 nitrogen and oxygen atoms in total. The van der Waals surface area contributed by atoms with Gasteiger partial charge in [-0.15, -0.1) is 33.1 Å².